The number of hydrogen-bond acceptors (Lipinski definition) is 11. The maximum absolute atomic E-state index is 12.8. The summed E-state index contributed by atoms with van der Waals surface area (Å²) in [6.45, 7) is 8.67. The molecular weight excluding hydrogens is 879 g/mol. The third-order valence-corrected chi connectivity index (χ3v) is 12.3. The zero-order valence-corrected chi connectivity index (χ0v) is 42.7. The summed E-state index contributed by atoms with van der Waals surface area (Å²) in [6, 6.07) is 23.4. The number of hydrogen-bond donors (Lipinski definition) is 2. The molecule has 0 saturated carbocycles. The molecule has 0 aromatic heterocycles. The molecule has 4 aromatic carbocycles. The highest BCUT2D eigenvalue weighted by Crippen LogP contribution is 2.26. The number of unbranched alkanes of at least 4 members (excludes halogenated alkanes) is 18. The first-order chi connectivity index (χ1) is 34.2. The Balaban J connectivity index is 1.03. The van der Waals surface area contributed by atoms with Crippen molar-refractivity contribution in [2.75, 3.05) is 46.4 Å². The van der Waals surface area contributed by atoms with Crippen molar-refractivity contribution >= 4 is 24.4 Å². The highest BCUT2D eigenvalue weighted by molar-refractivity contribution is 5.92. The van der Waals surface area contributed by atoms with Gasteiger partial charge in [-0.1, -0.05) is 129 Å². The molecule has 382 valence electrons. The molecule has 11 nitrogen and oxygen atoms in total. The SMILES string of the molecule is CCCCCCCCCCCCOc1ccc(C(=O)Oc2ccc(C=NCCCN(C)CCCN=Cc3ccc(OC(=O)c4ccc(OCCCCCCCCCCCC)cc4)cc3O)c(O)c2)cc1. The van der Waals surface area contributed by atoms with Crippen LogP contribution >= 0.6 is 0 Å². The van der Waals surface area contributed by atoms with Gasteiger partial charge < -0.3 is 34.1 Å². The van der Waals surface area contributed by atoms with E-state index in [2.05, 4.69) is 35.8 Å². The van der Waals surface area contributed by atoms with Crippen molar-refractivity contribution in [3.63, 3.8) is 0 Å². The number of phenolic OH excluding ortho intramolecular Hbond substituents is 2. The van der Waals surface area contributed by atoms with Gasteiger partial charge in [0.25, 0.3) is 0 Å². The van der Waals surface area contributed by atoms with Crippen LogP contribution in [0.25, 0.3) is 0 Å². The second-order valence-corrected chi connectivity index (χ2v) is 18.4. The van der Waals surface area contributed by atoms with Crippen molar-refractivity contribution in [1.82, 2.24) is 4.90 Å². The van der Waals surface area contributed by atoms with Crippen LogP contribution in [0.15, 0.2) is 94.9 Å². The van der Waals surface area contributed by atoms with E-state index in [9.17, 15) is 19.8 Å². The van der Waals surface area contributed by atoms with Gasteiger partial charge in [0.05, 0.1) is 24.3 Å². The smallest absolute Gasteiger partial charge is 0.343 e. The summed E-state index contributed by atoms with van der Waals surface area (Å²) < 4.78 is 22.8. The van der Waals surface area contributed by atoms with E-state index in [1.54, 1.807) is 85.2 Å². The lowest BCUT2D eigenvalue weighted by Crippen LogP contribution is -2.22. The Bertz CT molecular complexity index is 1950. The minimum absolute atomic E-state index is 0.0209. The fourth-order valence-corrected chi connectivity index (χ4v) is 7.96. The van der Waals surface area contributed by atoms with Crippen LogP contribution in [0.2, 0.25) is 0 Å². The molecular formula is C59H83N3O8. The third-order valence-electron chi connectivity index (χ3n) is 12.3. The van der Waals surface area contributed by atoms with Gasteiger partial charge in [0.1, 0.15) is 34.5 Å². The molecule has 0 aliphatic carbocycles. The normalized spacial score (nSPS) is 11.5. The van der Waals surface area contributed by atoms with E-state index in [-0.39, 0.29) is 23.0 Å². The summed E-state index contributed by atoms with van der Waals surface area (Å²) in [5.41, 5.74) is 1.88. The summed E-state index contributed by atoms with van der Waals surface area (Å²) in [4.78, 5) is 36.7. The average Bonchev–Trinajstić information content (AvgIpc) is 3.36. The molecule has 4 rings (SSSR count). The van der Waals surface area contributed by atoms with E-state index in [0.717, 1.165) is 50.3 Å². The topological polar surface area (TPSA) is 139 Å². The van der Waals surface area contributed by atoms with Crippen molar-refractivity contribution < 1.29 is 38.7 Å². The Hall–Kier alpha value is -5.68. The van der Waals surface area contributed by atoms with Crippen LogP contribution in [-0.2, 0) is 0 Å². The van der Waals surface area contributed by atoms with Crippen LogP contribution < -0.4 is 18.9 Å². The zero-order valence-electron chi connectivity index (χ0n) is 42.7. The Labute approximate surface area is 419 Å². The number of aromatic hydroxyl groups is 2. The van der Waals surface area contributed by atoms with Gasteiger partial charge in [-0.15, -0.1) is 0 Å². The monoisotopic (exact) mass is 962 g/mol. The predicted octanol–water partition coefficient (Wildman–Crippen LogP) is 14.4. The predicted molar refractivity (Wildman–Crippen MR) is 285 cm³/mol. The van der Waals surface area contributed by atoms with Gasteiger partial charge in [-0.3, -0.25) is 9.98 Å². The fourth-order valence-electron chi connectivity index (χ4n) is 7.96. The average molecular weight is 962 g/mol. The summed E-state index contributed by atoms with van der Waals surface area (Å²) in [7, 11) is 2.05. The Morgan fingerprint density at radius 2 is 0.786 bits per heavy atom. The maximum Gasteiger partial charge on any atom is 0.343 e. The van der Waals surface area contributed by atoms with Gasteiger partial charge in [0.2, 0.25) is 0 Å². The van der Waals surface area contributed by atoms with E-state index in [1.165, 1.54) is 128 Å². The molecule has 70 heavy (non-hydrogen) atoms. The van der Waals surface area contributed by atoms with Gasteiger partial charge in [0.15, 0.2) is 0 Å². The molecule has 4 aromatic rings. The lowest BCUT2D eigenvalue weighted by molar-refractivity contribution is 0.0724. The molecule has 0 bridgehead atoms. The zero-order chi connectivity index (χ0) is 49.9. The first-order valence-corrected chi connectivity index (χ1v) is 26.5. The van der Waals surface area contributed by atoms with Gasteiger partial charge in [0, 0.05) is 48.8 Å². The van der Waals surface area contributed by atoms with Crippen LogP contribution in [0.3, 0.4) is 0 Å². The van der Waals surface area contributed by atoms with Crippen molar-refractivity contribution in [1.29, 1.82) is 0 Å². The van der Waals surface area contributed by atoms with Crippen molar-refractivity contribution in [3.05, 3.63) is 107 Å². The van der Waals surface area contributed by atoms with Crippen LogP contribution in [0.5, 0.6) is 34.5 Å². The minimum Gasteiger partial charge on any atom is -0.507 e. The van der Waals surface area contributed by atoms with Crippen LogP contribution in [-0.4, -0.2) is 85.9 Å². The number of esters is 2. The lowest BCUT2D eigenvalue weighted by Gasteiger charge is -2.14. The van der Waals surface area contributed by atoms with E-state index in [1.807, 2.05) is 0 Å². The molecule has 11 heteroatoms. The molecule has 0 radical (unpaired) electrons. The number of aliphatic imine (C=N–C) groups is 2. The molecule has 2 N–H and O–H groups in total. The van der Waals surface area contributed by atoms with Gasteiger partial charge >= 0.3 is 11.9 Å². The number of ether oxygens (including phenoxy) is 4. The quantitative estimate of drug-likeness (QED) is 0.0194. The molecule has 0 aliphatic heterocycles. The van der Waals surface area contributed by atoms with Crippen molar-refractivity contribution in [2.24, 2.45) is 9.98 Å². The second-order valence-electron chi connectivity index (χ2n) is 18.4. The summed E-state index contributed by atoms with van der Waals surface area (Å²) in [6.07, 6.45) is 30.5. The van der Waals surface area contributed by atoms with Crippen molar-refractivity contribution in [3.8, 4) is 34.5 Å². The summed E-state index contributed by atoms with van der Waals surface area (Å²) in [5.74, 6) is 0.884. The lowest BCUT2D eigenvalue weighted by atomic mass is 10.1. The molecule has 0 saturated heterocycles. The number of carbonyl (C=O) groups is 2. The minimum atomic E-state index is -0.512. The van der Waals surface area contributed by atoms with Crippen LogP contribution in [0, 0.1) is 0 Å². The number of phenols is 2. The molecule has 0 unspecified atom stereocenters. The standard InChI is InChI=1S/C59H83N3O8/c1-4-6-8-10-12-14-16-18-20-22-42-67-52-32-26-48(27-33-52)58(65)69-54-36-30-50(56(63)44-54)46-60-38-24-40-62(3)41-25-39-61-47-51-31-37-55(45-57(51)64)70-59(66)49-28-34-53(35-29-49)68-43-23-21-19-17-15-13-11-9-7-5-2/h26-37,44-47,63-64H,4-25,38-43H2,1-3H3. The second kappa shape index (κ2) is 35.4. The Morgan fingerprint density at radius 1 is 0.457 bits per heavy atom. The molecule has 0 aliphatic rings. The highest BCUT2D eigenvalue weighted by atomic mass is 16.5. The number of rotatable bonds is 38. The van der Waals surface area contributed by atoms with E-state index >= 15 is 0 Å². The number of nitrogens with zero attached hydrogens (tertiary/aromatic N) is 3. The first-order valence-electron chi connectivity index (χ1n) is 26.5. The fraction of sp³-hybridized carbons (Fsp3) is 0.525. The molecule has 0 fully saturated rings. The van der Waals surface area contributed by atoms with E-state index in [0.29, 0.717) is 48.6 Å². The Kier molecular flexibility index (Phi) is 28.8. The summed E-state index contributed by atoms with van der Waals surface area (Å²) >= 11 is 0. The maximum atomic E-state index is 12.8. The number of benzene rings is 4. The van der Waals surface area contributed by atoms with Gasteiger partial charge in [-0.2, -0.15) is 0 Å². The van der Waals surface area contributed by atoms with Gasteiger partial charge in [-0.25, -0.2) is 9.59 Å². The van der Waals surface area contributed by atoms with Crippen LogP contribution in [0.4, 0.5) is 0 Å². The summed E-state index contributed by atoms with van der Waals surface area (Å²) in [5, 5.41) is 21.2. The van der Waals surface area contributed by atoms with E-state index < -0.39 is 11.9 Å². The van der Waals surface area contributed by atoms with Gasteiger partial charge in [-0.05, 0) is 119 Å². The molecule has 0 atom stereocenters. The third kappa shape index (κ3) is 24.2. The largest absolute Gasteiger partial charge is 0.507 e. The molecule has 0 heterocycles. The first kappa shape index (κ1) is 56.9. The number of carbonyl (C=O) groups excluding carboxylic acids is 2. The van der Waals surface area contributed by atoms with E-state index in [4.69, 9.17) is 18.9 Å². The highest BCUT2D eigenvalue weighted by Gasteiger charge is 2.13. The Morgan fingerprint density at radius 3 is 1.13 bits per heavy atom. The molecule has 0 amide bonds. The van der Waals surface area contributed by atoms with Crippen LogP contribution in [0.1, 0.15) is 187 Å². The van der Waals surface area contributed by atoms with Crippen molar-refractivity contribution in [2.45, 2.75) is 155 Å². The molecule has 0 spiro atoms.